The molecule has 2 N–H and O–H groups in total. The van der Waals surface area contributed by atoms with E-state index in [-0.39, 0.29) is 22.9 Å². The van der Waals surface area contributed by atoms with Crippen molar-refractivity contribution >= 4 is 38.1 Å². The summed E-state index contributed by atoms with van der Waals surface area (Å²) in [5.74, 6) is 0.278. The fourth-order valence-electron chi connectivity index (χ4n) is 5.48. The second-order valence-corrected chi connectivity index (χ2v) is 9.73. The molecular formula is C23H20BrN5O2. The van der Waals surface area contributed by atoms with E-state index in [0.29, 0.717) is 16.9 Å². The molecule has 1 amide bonds. The number of aromatic nitrogens is 4. The van der Waals surface area contributed by atoms with Gasteiger partial charge in [-0.15, -0.1) is 0 Å². The van der Waals surface area contributed by atoms with E-state index in [1.165, 1.54) is 0 Å². The second-order valence-electron chi connectivity index (χ2n) is 8.87. The van der Waals surface area contributed by atoms with Crippen LogP contribution in [0.4, 0.5) is 0 Å². The Balaban J connectivity index is 1.13. The second kappa shape index (κ2) is 6.75. The van der Waals surface area contributed by atoms with Crippen LogP contribution in [0.15, 0.2) is 58.1 Å². The van der Waals surface area contributed by atoms with Crippen LogP contribution in [0.2, 0.25) is 0 Å². The maximum absolute atomic E-state index is 12.8. The Morgan fingerprint density at radius 2 is 1.90 bits per heavy atom. The normalized spacial score (nSPS) is 24.8. The van der Waals surface area contributed by atoms with Gasteiger partial charge in [0.1, 0.15) is 0 Å². The van der Waals surface area contributed by atoms with Gasteiger partial charge in [-0.1, -0.05) is 18.2 Å². The molecule has 2 aliphatic carbocycles. The van der Waals surface area contributed by atoms with E-state index in [2.05, 4.69) is 36.5 Å². The summed E-state index contributed by atoms with van der Waals surface area (Å²) in [5, 5.41) is 16.1. The molecule has 0 saturated heterocycles. The number of carbonyl (C=O) groups excluding carboxylic acids is 1. The van der Waals surface area contributed by atoms with Crippen LogP contribution in [-0.2, 0) is 0 Å². The zero-order valence-electron chi connectivity index (χ0n) is 16.6. The summed E-state index contributed by atoms with van der Waals surface area (Å²) in [7, 11) is 0. The molecule has 8 heteroatoms. The number of halogens is 1. The van der Waals surface area contributed by atoms with E-state index in [1.807, 2.05) is 42.6 Å². The molecule has 31 heavy (non-hydrogen) atoms. The average Bonchev–Trinajstić information content (AvgIpc) is 3.15. The van der Waals surface area contributed by atoms with E-state index >= 15 is 0 Å². The van der Waals surface area contributed by atoms with E-state index in [1.54, 1.807) is 10.7 Å². The number of amides is 1. The Morgan fingerprint density at radius 3 is 2.71 bits per heavy atom. The highest BCUT2D eigenvalue weighted by atomic mass is 79.9. The van der Waals surface area contributed by atoms with Gasteiger partial charge >= 0.3 is 0 Å². The predicted octanol–water partition coefficient (Wildman–Crippen LogP) is 3.79. The van der Waals surface area contributed by atoms with Gasteiger partial charge in [-0.05, 0) is 65.2 Å². The van der Waals surface area contributed by atoms with Gasteiger partial charge in [0.05, 0.1) is 28.4 Å². The summed E-state index contributed by atoms with van der Waals surface area (Å²) in [6.07, 6.45) is 7.51. The van der Waals surface area contributed by atoms with E-state index in [0.717, 1.165) is 46.8 Å². The third-order valence-corrected chi connectivity index (χ3v) is 7.54. The van der Waals surface area contributed by atoms with Gasteiger partial charge in [-0.25, -0.2) is 9.61 Å². The van der Waals surface area contributed by atoms with Gasteiger partial charge in [0.15, 0.2) is 0 Å². The molecule has 4 aromatic rings. The minimum atomic E-state index is -0.140. The van der Waals surface area contributed by atoms with Crippen LogP contribution in [0, 0.1) is 5.41 Å². The van der Waals surface area contributed by atoms with Crippen molar-refractivity contribution in [1.82, 2.24) is 25.1 Å². The molecule has 2 fully saturated rings. The number of fused-ring (bicyclic) bond motifs is 2. The molecule has 0 unspecified atom stereocenters. The molecule has 1 spiro atoms. The molecule has 156 valence electrons. The lowest BCUT2D eigenvalue weighted by molar-refractivity contribution is -0.0196. The minimum Gasteiger partial charge on any atom is -0.349 e. The van der Waals surface area contributed by atoms with Crippen molar-refractivity contribution in [3.63, 3.8) is 0 Å². The maximum atomic E-state index is 12.8. The molecule has 7 nitrogen and oxygen atoms in total. The van der Waals surface area contributed by atoms with Crippen LogP contribution in [0.5, 0.6) is 0 Å². The Hall–Kier alpha value is -3.00. The standard InChI is InChI=1S/C23H20BrN5O2/c24-18-6-3-7-29-20(18)17(12-25-29)21(30)26-14-10-23(11-14)8-13(9-23)19-15-4-1-2-5-16(15)22(31)28-27-19/h1-7,12-14H,8-11H2,(H,26,30)(H,28,31). The Labute approximate surface area is 186 Å². The summed E-state index contributed by atoms with van der Waals surface area (Å²) in [6.45, 7) is 0. The number of hydrogen-bond acceptors (Lipinski definition) is 4. The highest BCUT2D eigenvalue weighted by Gasteiger charge is 2.54. The van der Waals surface area contributed by atoms with E-state index in [4.69, 9.17) is 0 Å². The lowest BCUT2D eigenvalue weighted by Crippen LogP contribution is -2.55. The number of nitrogens with zero attached hydrogens (tertiary/aromatic N) is 3. The Morgan fingerprint density at radius 1 is 1.13 bits per heavy atom. The fourth-order valence-corrected chi connectivity index (χ4v) is 6.03. The lowest BCUT2D eigenvalue weighted by atomic mass is 9.49. The molecule has 0 bridgehead atoms. The first-order chi connectivity index (χ1) is 15.0. The lowest BCUT2D eigenvalue weighted by Gasteiger charge is -2.57. The number of pyridine rings is 1. The van der Waals surface area contributed by atoms with Crippen molar-refractivity contribution in [2.24, 2.45) is 5.41 Å². The number of carbonyl (C=O) groups is 1. The van der Waals surface area contributed by atoms with Gasteiger partial charge in [0.25, 0.3) is 11.5 Å². The summed E-state index contributed by atoms with van der Waals surface area (Å²) >= 11 is 3.51. The third-order valence-electron chi connectivity index (χ3n) is 6.90. The largest absolute Gasteiger partial charge is 0.349 e. The molecule has 1 aromatic carbocycles. The monoisotopic (exact) mass is 477 g/mol. The average molecular weight is 478 g/mol. The molecule has 6 rings (SSSR count). The number of hydrogen-bond donors (Lipinski definition) is 2. The van der Waals surface area contributed by atoms with Gasteiger partial charge in [-0.3, -0.25) is 9.59 Å². The Bertz CT molecular complexity index is 1390. The van der Waals surface area contributed by atoms with Gasteiger partial charge in [-0.2, -0.15) is 10.2 Å². The van der Waals surface area contributed by atoms with Crippen molar-refractivity contribution in [1.29, 1.82) is 0 Å². The molecule has 0 atom stereocenters. The summed E-state index contributed by atoms with van der Waals surface area (Å²) < 4.78 is 2.56. The van der Waals surface area contributed by atoms with Crippen molar-refractivity contribution in [2.45, 2.75) is 37.6 Å². The van der Waals surface area contributed by atoms with Crippen molar-refractivity contribution in [3.8, 4) is 0 Å². The highest BCUT2D eigenvalue weighted by molar-refractivity contribution is 9.10. The van der Waals surface area contributed by atoms with Gasteiger partial charge in [0, 0.05) is 28.0 Å². The van der Waals surface area contributed by atoms with E-state index < -0.39 is 0 Å². The molecule has 3 aromatic heterocycles. The zero-order valence-corrected chi connectivity index (χ0v) is 18.2. The fraction of sp³-hybridized carbons (Fsp3) is 0.304. The first kappa shape index (κ1) is 18.7. The molecule has 0 aliphatic heterocycles. The number of aromatic amines is 1. The molecule has 2 saturated carbocycles. The summed E-state index contributed by atoms with van der Waals surface area (Å²) in [6, 6.07) is 11.6. The predicted molar refractivity (Wildman–Crippen MR) is 120 cm³/mol. The topological polar surface area (TPSA) is 92.1 Å². The van der Waals surface area contributed by atoms with Crippen molar-refractivity contribution in [3.05, 3.63) is 74.9 Å². The quantitative estimate of drug-likeness (QED) is 0.469. The van der Waals surface area contributed by atoms with Crippen LogP contribution in [-0.4, -0.2) is 31.8 Å². The summed E-state index contributed by atoms with van der Waals surface area (Å²) in [5.41, 5.74) is 2.50. The molecule has 3 heterocycles. The van der Waals surface area contributed by atoms with Crippen LogP contribution in [0.3, 0.4) is 0 Å². The first-order valence-electron chi connectivity index (χ1n) is 10.4. The SMILES string of the molecule is O=C(NC1CC2(C1)CC(c1n[nH]c(=O)c3ccccc13)C2)c1cnn2cccc(Br)c12. The van der Waals surface area contributed by atoms with E-state index in [9.17, 15) is 9.59 Å². The molecule has 2 aliphatic rings. The Kier molecular flexibility index (Phi) is 4.08. The number of rotatable bonds is 3. The summed E-state index contributed by atoms with van der Waals surface area (Å²) in [4.78, 5) is 24.9. The smallest absolute Gasteiger partial charge is 0.272 e. The number of H-pyrrole nitrogens is 1. The zero-order chi connectivity index (χ0) is 21.2. The number of benzene rings is 1. The van der Waals surface area contributed by atoms with Crippen molar-refractivity contribution in [2.75, 3.05) is 0 Å². The highest BCUT2D eigenvalue weighted by Crippen LogP contribution is 2.62. The van der Waals surface area contributed by atoms with Crippen LogP contribution in [0.1, 0.15) is 47.7 Å². The van der Waals surface area contributed by atoms with Crippen LogP contribution < -0.4 is 10.9 Å². The van der Waals surface area contributed by atoms with Crippen LogP contribution in [0.25, 0.3) is 16.3 Å². The molecular weight excluding hydrogens is 458 g/mol. The van der Waals surface area contributed by atoms with Gasteiger partial charge in [0.2, 0.25) is 0 Å². The van der Waals surface area contributed by atoms with Crippen LogP contribution >= 0.6 is 15.9 Å². The van der Waals surface area contributed by atoms with Gasteiger partial charge < -0.3 is 5.32 Å². The third kappa shape index (κ3) is 2.92. The first-order valence-corrected chi connectivity index (χ1v) is 11.2. The minimum absolute atomic E-state index is 0.0779. The number of nitrogens with one attached hydrogen (secondary N) is 2. The maximum Gasteiger partial charge on any atom is 0.272 e. The molecule has 0 radical (unpaired) electrons. The van der Waals surface area contributed by atoms with Crippen molar-refractivity contribution < 1.29 is 4.79 Å².